The van der Waals surface area contributed by atoms with Crippen molar-refractivity contribution >= 4 is 5.97 Å². The molecule has 0 unspecified atom stereocenters. The van der Waals surface area contributed by atoms with E-state index < -0.39 is 5.97 Å². The van der Waals surface area contributed by atoms with Crippen LogP contribution in [-0.4, -0.2) is 23.2 Å². The largest absolute Gasteiger partial charge is 0.487 e. The average Bonchev–Trinajstić information content (AvgIpc) is 2.53. The minimum absolute atomic E-state index is 0.0777. The Bertz CT molecular complexity index is 623. The number of carbonyl (C=O) groups excluding carboxylic acids is 1. The minimum Gasteiger partial charge on any atom is -0.487 e. The summed E-state index contributed by atoms with van der Waals surface area (Å²) >= 11 is 0. The average molecular weight is 287 g/mol. The van der Waals surface area contributed by atoms with E-state index in [1.54, 1.807) is 12.1 Å². The van der Waals surface area contributed by atoms with Crippen molar-refractivity contribution in [2.45, 2.75) is 20.1 Å². The molecule has 2 rings (SSSR count). The highest BCUT2D eigenvalue weighted by Gasteiger charge is 2.08. The van der Waals surface area contributed by atoms with E-state index in [0.717, 1.165) is 11.1 Å². The van der Waals surface area contributed by atoms with Gasteiger partial charge in [-0.25, -0.2) is 4.79 Å². The summed E-state index contributed by atoms with van der Waals surface area (Å²) in [6.45, 7) is 2.10. The molecule has 1 aromatic carbocycles. The maximum absolute atomic E-state index is 11.3. The first-order valence-corrected chi connectivity index (χ1v) is 6.51. The van der Waals surface area contributed by atoms with Crippen LogP contribution in [0.3, 0.4) is 0 Å². The number of methoxy groups -OCH3 is 1. The number of ether oxygens (including phenoxy) is 2. The molecule has 0 radical (unpaired) electrons. The number of hydrogen-bond donors (Lipinski definition) is 1. The highest BCUT2D eigenvalue weighted by Crippen LogP contribution is 2.24. The van der Waals surface area contributed by atoms with Gasteiger partial charge in [0, 0.05) is 11.8 Å². The van der Waals surface area contributed by atoms with E-state index in [9.17, 15) is 9.90 Å². The number of aryl methyl sites for hydroxylation is 1. The van der Waals surface area contributed by atoms with Crippen LogP contribution in [0, 0.1) is 6.92 Å². The van der Waals surface area contributed by atoms with Crippen LogP contribution < -0.4 is 4.74 Å². The lowest BCUT2D eigenvalue weighted by Crippen LogP contribution is -2.05. The van der Waals surface area contributed by atoms with Crippen molar-refractivity contribution < 1.29 is 19.4 Å². The summed E-state index contributed by atoms with van der Waals surface area (Å²) in [5.74, 6) is 0.246. The Morgan fingerprint density at radius 3 is 2.71 bits per heavy atom. The highest BCUT2D eigenvalue weighted by atomic mass is 16.5. The van der Waals surface area contributed by atoms with Crippen molar-refractivity contribution in [1.29, 1.82) is 0 Å². The summed E-state index contributed by atoms with van der Waals surface area (Å²) in [6.07, 6.45) is 1.45. The van der Waals surface area contributed by atoms with Gasteiger partial charge in [0.05, 0.1) is 25.0 Å². The van der Waals surface area contributed by atoms with Crippen molar-refractivity contribution in [2.75, 3.05) is 7.11 Å². The normalized spacial score (nSPS) is 10.2. The predicted molar refractivity (Wildman–Crippen MR) is 77.0 cm³/mol. The Morgan fingerprint density at radius 2 is 2.10 bits per heavy atom. The molecule has 0 saturated carbocycles. The first-order chi connectivity index (χ1) is 10.2. The molecular weight excluding hydrogens is 270 g/mol. The van der Waals surface area contributed by atoms with Crippen LogP contribution in [0.25, 0.3) is 0 Å². The summed E-state index contributed by atoms with van der Waals surface area (Å²) < 4.78 is 10.3. The summed E-state index contributed by atoms with van der Waals surface area (Å²) in [5, 5.41) is 9.32. The van der Waals surface area contributed by atoms with E-state index >= 15 is 0 Å². The fourth-order valence-corrected chi connectivity index (χ4v) is 1.94. The SMILES string of the molecule is COC(=O)c1ccc(COc2c(C)cccc2CO)nc1. The van der Waals surface area contributed by atoms with Gasteiger partial charge in [-0.2, -0.15) is 0 Å². The second-order valence-corrected chi connectivity index (χ2v) is 4.54. The third-order valence-corrected chi connectivity index (χ3v) is 3.07. The zero-order chi connectivity index (χ0) is 15.2. The summed E-state index contributed by atoms with van der Waals surface area (Å²) in [4.78, 5) is 15.5. The number of pyridine rings is 1. The van der Waals surface area contributed by atoms with Gasteiger partial charge in [-0.3, -0.25) is 4.98 Å². The van der Waals surface area contributed by atoms with Crippen LogP contribution in [0.1, 0.15) is 27.2 Å². The molecule has 2 aromatic rings. The van der Waals surface area contributed by atoms with Crippen molar-refractivity contribution in [3.05, 3.63) is 58.9 Å². The summed E-state index contributed by atoms with van der Waals surface area (Å²) in [5.41, 5.74) is 2.77. The van der Waals surface area contributed by atoms with Gasteiger partial charge in [-0.05, 0) is 24.6 Å². The molecule has 1 heterocycles. The third kappa shape index (κ3) is 3.58. The Labute approximate surface area is 123 Å². The Kier molecular flexibility index (Phi) is 4.90. The molecule has 110 valence electrons. The van der Waals surface area contributed by atoms with Gasteiger partial charge in [0.15, 0.2) is 0 Å². The van der Waals surface area contributed by atoms with Gasteiger partial charge < -0.3 is 14.6 Å². The van der Waals surface area contributed by atoms with Crippen molar-refractivity contribution in [3.8, 4) is 5.75 Å². The van der Waals surface area contributed by atoms with Gasteiger partial charge in [0.2, 0.25) is 0 Å². The number of para-hydroxylation sites is 1. The van der Waals surface area contributed by atoms with Gasteiger partial charge in [0.1, 0.15) is 12.4 Å². The fraction of sp³-hybridized carbons (Fsp3) is 0.250. The quantitative estimate of drug-likeness (QED) is 0.854. The number of aliphatic hydroxyl groups is 1. The Hall–Kier alpha value is -2.40. The molecule has 0 saturated heterocycles. The zero-order valence-corrected chi connectivity index (χ0v) is 12.0. The van der Waals surface area contributed by atoms with Crippen LogP contribution in [0.15, 0.2) is 36.5 Å². The summed E-state index contributed by atoms with van der Waals surface area (Å²) in [6, 6.07) is 8.96. The Morgan fingerprint density at radius 1 is 1.29 bits per heavy atom. The first kappa shape index (κ1) is 15.0. The number of nitrogens with zero attached hydrogens (tertiary/aromatic N) is 1. The van der Waals surface area contributed by atoms with E-state index in [4.69, 9.17) is 4.74 Å². The number of benzene rings is 1. The standard InChI is InChI=1S/C16H17NO4/c1-11-4-3-5-13(9-18)15(11)21-10-14-7-6-12(8-17-14)16(19)20-2/h3-8,18H,9-10H2,1-2H3. The highest BCUT2D eigenvalue weighted by molar-refractivity contribution is 5.88. The molecule has 0 aliphatic rings. The van der Waals surface area contributed by atoms with Gasteiger partial charge in [0.25, 0.3) is 0 Å². The van der Waals surface area contributed by atoms with Crippen LogP contribution in [0.5, 0.6) is 5.75 Å². The molecule has 5 heteroatoms. The molecule has 1 N–H and O–H groups in total. The van der Waals surface area contributed by atoms with Crippen LogP contribution >= 0.6 is 0 Å². The molecular formula is C16H17NO4. The molecule has 21 heavy (non-hydrogen) atoms. The second kappa shape index (κ2) is 6.85. The summed E-state index contributed by atoms with van der Waals surface area (Å²) in [7, 11) is 1.33. The molecule has 1 aromatic heterocycles. The molecule has 5 nitrogen and oxygen atoms in total. The third-order valence-electron chi connectivity index (χ3n) is 3.07. The van der Waals surface area contributed by atoms with Gasteiger partial charge in [-0.1, -0.05) is 18.2 Å². The van der Waals surface area contributed by atoms with Crippen LogP contribution in [0.4, 0.5) is 0 Å². The van der Waals surface area contributed by atoms with Crippen molar-refractivity contribution in [3.63, 3.8) is 0 Å². The fourth-order valence-electron chi connectivity index (χ4n) is 1.94. The molecule has 0 bridgehead atoms. The molecule has 0 atom stereocenters. The maximum Gasteiger partial charge on any atom is 0.339 e. The molecule has 0 spiro atoms. The lowest BCUT2D eigenvalue weighted by Gasteiger charge is -2.12. The van der Waals surface area contributed by atoms with Crippen LogP contribution in [0.2, 0.25) is 0 Å². The number of aromatic nitrogens is 1. The number of carbonyl (C=O) groups is 1. The smallest absolute Gasteiger partial charge is 0.339 e. The molecule has 0 fully saturated rings. The van der Waals surface area contributed by atoms with Crippen molar-refractivity contribution in [1.82, 2.24) is 4.98 Å². The first-order valence-electron chi connectivity index (χ1n) is 6.51. The van der Waals surface area contributed by atoms with Gasteiger partial charge in [-0.15, -0.1) is 0 Å². The number of aliphatic hydroxyl groups excluding tert-OH is 1. The number of esters is 1. The van der Waals surface area contributed by atoms with E-state index in [2.05, 4.69) is 9.72 Å². The van der Waals surface area contributed by atoms with Crippen molar-refractivity contribution in [2.24, 2.45) is 0 Å². The predicted octanol–water partition coefficient (Wildman–Crippen LogP) is 2.25. The van der Waals surface area contributed by atoms with E-state index in [0.29, 0.717) is 17.0 Å². The minimum atomic E-state index is -0.420. The monoisotopic (exact) mass is 287 g/mol. The molecule has 0 aliphatic carbocycles. The topological polar surface area (TPSA) is 68.7 Å². The molecule has 0 aliphatic heterocycles. The van der Waals surface area contributed by atoms with E-state index in [-0.39, 0.29) is 13.2 Å². The van der Waals surface area contributed by atoms with Gasteiger partial charge >= 0.3 is 5.97 Å². The second-order valence-electron chi connectivity index (χ2n) is 4.54. The maximum atomic E-state index is 11.3. The lowest BCUT2D eigenvalue weighted by molar-refractivity contribution is 0.0600. The van der Waals surface area contributed by atoms with E-state index in [1.807, 2.05) is 25.1 Å². The Balaban J connectivity index is 2.08. The lowest BCUT2D eigenvalue weighted by atomic mass is 10.1. The molecule has 0 amide bonds. The number of rotatable bonds is 5. The zero-order valence-electron chi connectivity index (χ0n) is 12.0. The number of hydrogen-bond acceptors (Lipinski definition) is 5. The van der Waals surface area contributed by atoms with Crippen LogP contribution in [-0.2, 0) is 18.0 Å². The van der Waals surface area contributed by atoms with E-state index in [1.165, 1.54) is 13.3 Å².